The summed E-state index contributed by atoms with van der Waals surface area (Å²) in [7, 11) is 0. The second-order valence-electron chi connectivity index (χ2n) is 5.02. The fraction of sp³-hybridized carbons (Fsp3) is 0.400. The van der Waals surface area contributed by atoms with Gasteiger partial charge in [0.05, 0.1) is 6.42 Å². The van der Waals surface area contributed by atoms with Gasteiger partial charge in [0.15, 0.2) is 6.10 Å². The molecule has 0 aromatic heterocycles. The Balaban J connectivity index is 1.88. The summed E-state index contributed by atoms with van der Waals surface area (Å²) in [5.41, 5.74) is 1.93. The van der Waals surface area contributed by atoms with Crippen LogP contribution < -0.4 is 5.32 Å². The standard InChI is InChI=1S/C15H18N2O4/c1-10-3-5-12(6-4-10)9-13(18)21-11(2)14(19)17-8-7-16-15(17)20/h3-6,11H,7-9H2,1-2H3,(H,16,20)/t11-/m0/s1. The predicted octanol–water partition coefficient (Wildman–Crippen LogP) is 1.02. The summed E-state index contributed by atoms with van der Waals surface area (Å²) in [6.45, 7) is 4.16. The van der Waals surface area contributed by atoms with Crippen LogP contribution >= 0.6 is 0 Å². The monoisotopic (exact) mass is 290 g/mol. The Morgan fingerprint density at radius 1 is 1.33 bits per heavy atom. The number of amides is 3. The summed E-state index contributed by atoms with van der Waals surface area (Å²) in [6.07, 6.45) is -0.865. The van der Waals surface area contributed by atoms with Gasteiger partial charge in [-0.25, -0.2) is 4.79 Å². The van der Waals surface area contributed by atoms with Gasteiger partial charge in [-0.2, -0.15) is 0 Å². The molecule has 1 N–H and O–H groups in total. The summed E-state index contributed by atoms with van der Waals surface area (Å²) in [5.74, 6) is -0.985. The molecule has 3 amide bonds. The molecule has 2 rings (SSSR count). The molecule has 0 unspecified atom stereocenters. The molecule has 0 radical (unpaired) electrons. The van der Waals surface area contributed by atoms with Crippen molar-refractivity contribution in [1.29, 1.82) is 0 Å². The molecule has 1 aromatic rings. The highest BCUT2D eigenvalue weighted by Crippen LogP contribution is 2.08. The van der Waals surface area contributed by atoms with Crippen LogP contribution in [0, 0.1) is 6.92 Å². The van der Waals surface area contributed by atoms with Crippen LogP contribution in [0.4, 0.5) is 4.79 Å². The largest absolute Gasteiger partial charge is 0.452 e. The van der Waals surface area contributed by atoms with Crippen LogP contribution in [0.15, 0.2) is 24.3 Å². The number of nitrogens with zero attached hydrogens (tertiary/aromatic N) is 1. The van der Waals surface area contributed by atoms with E-state index < -0.39 is 24.0 Å². The number of rotatable bonds is 4. The molecule has 1 aliphatic rings. The number of hydrogen-bond acceptors (Lipinski definition) is 4. The van der Waals surface area contributed by atoms with Crippen molar-refractivity contribution in [3.63, 3.8) is 0 Å². The van der Waals surface area contributed by atoms with E-state index in [4.69, 9.17) is 4.74 Å². The number of carbonyl (C=O) groups is 3. The number of ether oxygens (including phenoxy) is 1. The maximum absolute atomic E-state index is 12.0. The van der Waals surface area contributed by atoms with Crippen LogP contribution in [0.3, 0.4) is 0 Å². The summed E-state index contributed by atoms with van der Waals surface area (Å²) in [5, 5.41) is 2.53. The van der Waals surface area contributed by atoms with Crippen LogP contribution in [-0.4, -0.2) is 42.0 Å². The highest BCUT2D eigenvalue weighted by atomic mass is 16.5. The molecule has 21 heavy (non-hydrogen) atoms. The molecule has 1 heterocycles. The molecule has 1 fully saturated rings. The zero-order chi connectivity index (χ0) is 15.4. The van der Waals surface area contributed by atoms with Crippen molar-refractivity contribution in [3.8, 4) is 0 Å². The third-order valence-corrected chi connectivity index (χ3v) is 3.25. The van der Waals surface area contributed by atoms with Crippen molar-refractivity contribution in [2.24, 2.45) is 0 Å². The zero-order valence-electron chi connectivity index (χ0n) is 12.1. The minimum absolute atomic E-state index is 0.101. The van der Waals surface area contributed by atoms with E-state index in [1.54, 1.807) is 0 Å². The minimum Gasteiger partial charge on any atom is -0.452 e. The van der Waals surface area contributed by atoms with Crippen molar-refractivity contribution in [2.75, 3.05) is 13.1 Å². The Kier molecular flexibility index (Phi) is 4.57. The second kappa shape index (κ2) is 6.39. The fourth-order valence-electron chi connectivity index (χ4n) is 2.06. The molecule has 112 valence electrons. The predicted molar refractivity (Wildman–Crippen MR) is 75.5 cm³/mol. The second-order valence-corrected chi connectivity index (χ2v) is 5.02. The first kappa shape index (κ1) is 15.0. The van der Waals surface area contributed by atoms with Crippen molar-refractivity contribution < 1.29 is 19.1 Å². The first-order valence-corrected chi connectivity index (χ1v) is 6.81. The molecule has 0 bridgehead atoms. The SMILES string of the molecule is Cc1ccc(CC(=O)O[C@@H](C)C(=O)N2CCNC2=O)cc1. The first-order valence-electron chi connectivity index (χ1n) is 6.81. The Morgan fingerprint density at radius 2 is 2.00 bits per heavy atom. The van der Waals surface area contributed by atoms with E-state index in [2.05, 4.69) is 5.32 Å². The number of nitrogens with one attached hydrogen (secondary N) is 1. The lowest BCUT2D eigenvalue weighted by molar-refractivity contribution is -0.156. The molecule has 1 aromatic carbocycles. The fourth-order valence-corrected chi connectivity index (χ4v) is 2.06. The van der Waals surface area contributed by atoms with Crippen molar-refractivity contribution in [1.82, 2.24) is 10.2 Å². The van der Waals surface area contributed by atoms with Gasteiger partial charge < -0.3 is 10.1 Å². The van der Waals surface area contributed by atoms with Gasteiger partial charge in [-0.1, -0.05) is 29.8 Å². The maximum atomic E-state index is 12.0. The third kappa shape index (κ3) is 3.81. The van der Waals surface area contributed by atoms with Gasteiger partial charge in [0.25, 0.3) is 5.91 Å². The number of hydrogen-bond donors (Lipinski definition) is 1. The molecule has 6 nitrogen and oxygen atoms in total. The number of esters is 1. The van der Waals surface area contributed by atoms with Crippen LogP contribution in [0.5, 0.6) is 0 Å². The molecule has 0 spiro atoms. The van der Waals surface area contributed by atoms with Gasteiger partial charge >= 0.3 is 12.0 Å². The number of carbonyl (C=O) groups excluding carboxylic acids is 3. The van der Waals surface area contributed by atoms with Gasteiger partial charge in [0, 0.05) is 13.1 Å². The van der Waals surface area contributed by atoms with Crippen molar-refractivity contribution in [3.05, 3.63) is 35.4 Å². The van der Waals surface area contributed by atoms with Crippen LogP contribution in [0.25, 0.3) is 0 Å². The molecule has 1 saturated heterocycles. The smallest absolute Gasteiger partial charge is 0.324 e. The molecule has 6 heteroatoms. The van der Waals surface area contributed by atoms with Gasteiger partial charge in [-0.15, -0.1) is 0 Å². The molecule has 1 aliphatic heterocycles. The Morgan fingerprint density at radius 3 is 2.57 bits per heavy atom. The average molecular weight is 290 g/mol. The molecular weight excluding hydrogens is 272 g/mol. The quantitative estimate of drug-likeness (QED) is 0.840. The third-order valence-electron chi connectivity index (χ3n) is 3.25. The van der Waals surface area contributed by atoms with Crippen molar-refractivity contribution >= 4 is 17.9 Å². The van der Waals surface area contributed by atoms with E-state index in [0.717, 1.165) is 16.0 Å². The minimum atomic E-state index is -0.966. The van der Waals surface area contributed by atoms with Gasteiger partial charge in [0.1, 0.15) is 0 Å². The van der Waals surface area contributed by atoms with E-state index in [9.17, 15) is 14.4 Å². The van der Waals surface area contributed by atoms with E-state index in [1.807, 2.05) is 31.2 Å². The van der Waals surface area contributed by atoms with Crippen LogP contribution in [-0.2, 0) is 20.7 Å². The Hall–Kier alpha value is -2.37. The molecule has 0 aliphatic carbocycles. The number of aryl methyl sites for hydroxylation is 1. The van der Waals surface area contributed by atoms with Crippen LogP contribution in [0.1, 0.15) is 18.1 Å². The summed E-state index contributed by atoms with van der Waals surface area (Å²) in [6, 6.07) is 7.06. The topological polar surface area (TPSA) is 75.7 Å². The van der Waals surface area contributed by atoms with E-state index in [-0.39, 0.29) is 6.42 Å². The lowest BCUT2D eigenvalue weighted by Crippen LogP contribution is -2.42. The van der Waals surface area contributed by atoms with Crippen LogP contribution in [0.2, 0.25) is 0 Å². The number of urea groups is 1. The van der Waals surface area contributed by atoms with E-state index >= 15 is 0 Å². The van der Waals surface area contributed by atoms with Gasteiger partial charge in [0.2, 0.25) is 0 Å². The van der Waals surface area contributed by atoms with Crippen molar-refractivity contribution in [2.45, 2.75) is 26.4 Å². The first-order chi connectivity index (χ1) is 9.97. The Bertz CT molecular complexity index is 553. The summed E-state index contributed by atoms with van der Waals surface area (Å²) < 4.78 is 5.10. The Labute approximate surface area is 123 Å². The zero-order valence-corrected chi connectivity index (χ0v) is 12.1. The number of benzene rings is 1. The highest BCUT2D eigenvalue weighted by Gasteiger charge is 2.31. The lowest BCUT2D eigenvalue weighted by atomic mass is 10.1. The van der Waals surface area contributed by atoms with Gasteiger partial charge in [-0.05, 0) is 19.4 Å². The maximum Gasteiger partial charge on any atom is 0.324 e. The normalized spacial score (nSPS) is 15.5. The summed E-state index contributed by atoms with van der Waals surface area (Å²) >= 11 is 0. The average Bonchev–Trinajstić information content (AvgIpc) is 2.86. The number of imide groups is 1. The molecular formula is C15H18N2O4. The summed E-state index contributed by atoms with van der Waals surface area (Å²) in [4.78, 5) is 36.2. The molecule has 0 saturated carbocycles. The van der Waals surface area contributed by atoms with E-state index in [0.29, 0.717) is 13.1 Å². The highest BCUT2D eigenvalue weighted by molar-refractivity contribution is 5.98. The van der Waals surface area contributed by atoms with E-state index in [1.165, 1.54) is 6.92 Å². The molecule has 1 atom stereocenters. The lowest BCUT2D eigenvalue weighted by Gasteiger charge is -2.18. The van der Waals surface area contributed by atoms with Gasteiger partial charge in [-0.3, -0.25) is 14.5 Å².